The van der Waals surface area contributed by atoms with E-state index in [2.05, 4.69) is 32.8 Å². The summed E-state index contributed by atoms with van der Waals surface area (Å²) in [5.41, 5.74) is 3.50. The molecule has 7 heteroatoms. The molecule has 0 spiro atoms. The number of hydrogen-bond acceptors (Lipinski definition) is 5. The average molecular weight is 435 g/mol. The first kappa shape index (κ1) is 20.0. The second kappa shape index (κ2) is 9.08. The molecule has 1 saturated heterocycles. The lowest BCUT2D eigenvalue weighted by atomic mass is 9.95. The molecule has 5 rings (SSSR count). The minimum Gasteiger partial charge on any atom is -0.381 e. The predicted molar refractivity (Wildman–Crippen MR) is 123 cm³/mol. The topological polar surface area (TPSA) is 58.9 Å². The molecule has 0 atom stereocenters. The summed E-state index contributed by atoms with van der Waals surface area (Å²) in [4.78, 5) is 20.5. The van der Waals surface area contributed by atoms with Crippen LogP contribution in [0.1, 0.15) is 34.5 Å². The molecule has 1 fully saturated rings. The number of fused-ring (bicyclic) bond motifs is 1. The fourth-order valence-corrected chi connectivity index (χ4v) is 5.02. The van der Waals surface area contributed by atoms with Crippen molar-refractivity contribution in [2.24, 2.45) is 5.92 Å². The quantitative estimate of drug-likeness (QED) is 0.625. The van der Waals surface area contributed by atoms with Crippen LogP contribution in [0.25, 0.3) is 5.65 Å². The van der Waals surface area contributed by atoms with Crippen LogP contribution in [-0.4, -0.2) is 35.1 Å². The third-order valence-electron chi connectivity index (χ3n) is 5.94. The van der Waals surface area contributed by atoms with Gasteiger partial charge >= 0.3 is 0 Å². The van der Waals surface area contributed by atoms with Crippen molar-refractivity contribution in [3.05, 3.63) is 76.7 Å². The van der Waals surface area contributed by atoms with Crippen molar-refractivity contribution in [2.75, 3.05) is 24.7 Å². The predicted octanol–water partition coefficient (Wildman–Crippen LogP) is 4.40. The standard InChI is InChI=1S/C24H26N4O2S/c29-24(19-4-6-23-25-9-11-28(23)15-19)26-20-2-1-10-27(16-20)21-14-22(31-17-21)5-3-18-7-12-30-13-8-18/h1-2,4,6,9-11,14-15,17-18H,3,5,7-8,12-13,16H2,(H,26,29). The smallest absolute Gasteiger partial charge is 0.256 e. The van der Waals surface area contributed by atoms with Gasteiger partial charge in [-0.1, -0.05) is 0 Å². The molecule has 0 unspecified atom stereocenters. The van der Waals surface area contributed by atoms with Gasteiger partial charge in [-0.3, -0.25) is 4.79 Å². The van der Waals surface area contributed by atoms with Crippen molar-refractivity contribution in [2.45, 2.75) is 25.7 Å². The Morgan fingerprint density at radius 3 is 3.10 bits per heavy atom. The summed E-state index contributed by atoms with van der Waals surface area (Å²) in [5, 5.41) is 5.26. The lowest BCUT2D eigenvalue weighted by molar-refractivity contribution is 0.0641. The lowest BCUT2D eigenvalue weighted by Crippen LogP contribution is -2.32. The molecule has 2 aliphatic heterocycles. The van der Waals surface area contributed by atoms with Gasteiger partial charge in [-0.05, 0) is 62.0 Å². The normalized spacial score (nSPS) is 17.2. The van der Waals surface area contributed by atoms with Crippen LogP contribution >= 0.6 is 11.3 Å². The number of allylic oxidation sites excluding steroid dienone is 2. The average Bonchev–Trinajstić information content (AvgIpc) is 3.47. The van der Waals surface area contributed by atoms with Crippen LogP contribution in [0.4, 0.5) is 5.69 Å². The maximum absolute atomic E-state index is 12.7. The van der Waals surface area contributed by atoms with Gasteiger partial charge in [-0.15, -0.1) is 11.3 Å². The van der Waals surface area contributed by atoms with Crippen LogP contribution in [0.3, 0.4) is 0 Å². The Kier molecular flexibility index (Phi) is 5.86. The molecule has 0 bridgehead atoms. The lowest BCUT2D eigenvalue weighted by Gasteiger charge is -2.24. The van der Waals surface area contributed by atoms with Crippen LogP contribution in [-0.2, 0) is 11.2 Å². The summed E-state index contributed by atoms with van der Waals surface area (Å²) in [6, 6.07) is 5.94. The first-order valence-corrected chi connectivity index (χ1v) is 11.7. The van der Waals surface area contributed by atoms with Crippen molar-refractivity contribution >= 4 is 28.6 Å². The van der Waals surface area contributed by atoms with Crippen molar-refractivity contribution < 1.29 is 9.53 Å². The molecule has 1 amide bonds. The Balaban J connectivity index is 1.18. The Morgan fingerprint density at radius 2 is 2.19 bits per heavy atom. The van der Waals surface area contributed by atoms with Gasteiger partial charge in [-0.2, -0.15) is 0 Å². The number of hydrogen-bond donors (Lipinski definition) is 1. The summed E-state index contributed by atoms with van der Waals surface area (Å²) in [5.74, 6) is 0.681. The zero-order chi connectivity index (χ0) is 21.0. The third kappa shape index (κ3) is 4.73. The fourth-order valence-electron chi connectivity index (χ4n) is 4.12. The molecule has 6 nitrogen and oxygen atoms in total. The minimum atomic E-state index is -0.112. The number of anilines is 1. The molecule has 0 saturated carbocycles. The zero-order valence-electron chi connectivity index (χ0n) is 17.4. The highest BCUT2D eigenvalue weighted by Crippen LogP contribution is 2.28. The SMILES string of the molecule is O=C(NC1=CC=CN(c2csc(CCC3CCOCC3)c2)C1)c1ccc2nccn2c1. The van der Waals surface area contributed by atoms with E-state index in [4.69, 9.17) is 4.74 Å². The van der Waals surface area contributed by atoms with Gasteiger partial charge in [-0.25, -0.2) is 4.98 Å². The molecule has 5 heterocycles. The Bertz CT molecular complexity index is 1120. The van der Waals surface area contributed by atoms with E-state index in [0.717, 1.165) is 36.9 Å². The number of rotatable bonds is 6. The second-order valence-corrected chi connectivity index (χ2v) is 9.09. The molecule has 0 radical (unpaired) electrons. The number of aromatic nitrogens is 2. The number of carbonyl (C=O) groups excluding carboxylic acids is 1. The van der Waals surface area contributed by atoms with E-state index >= 15 is 0 Å². The number of imidazole rings is 1. The molecule has 160 valence electrons. The number of nitrogens with one attached hydrogen (secondary N) is 1. The van der Waals surface area contributed by atoms with Gasteiger partial charge in [0.2, 0.25) is 0 Å². The molecular formula is C24H26N4O2S. The highest BCUT2D eigenvalue weighted by molar-refractivity contribution is 7.10. The van der Waals surface area contributed by atoms with Gasteiger partial charge in [0, 0.05) is 54.0 Å². The first-order chi connectivity index (χ1) is 15.2. The molecular weight excluding hydrogens is 408 g/mol. The largest absolute Gasteiger partial charge is 0.381 e. The van der Waals surface area contributed by atoms with Crippen LogP contribution in [0.5, 0.6) is 0 Å². The summed E-state index contributed by atoms with van der Waals surface area (Å²) >= 11 is 1.82. The maximum Gasteiger partial charge on any atom is 0.256 e. The Labute approximate surface area is 185 Å². The van der Waals surface area contributed by atoms with E-state index in [1.807, 2.05) is 40.2 Å². The minimum absolute atomic E-state index is 0.112. The van der Waals surface area contributed by atoms with Gasteiger partial charge in [0.1, 0.15) is 5.65 Å². The number of ether oxygens (including phenoxy) is 1. The Hall–Kier alpha value is -2.90. The number of nitrogens with zero attached hydrogens (tertiary/aromatic N) is 3. The molecule has 0 aromatic carbocycles. The first-order valence-electron chi connectivity index (χ1n) is 10.8. The van der Waals surface area contributed by atoms with Crippen molar-refractivity contribution in [3.8, 4) is 0 Å². The molecule has 0 aliphatic carbocycles. The van der Waals surface area contributed by atoms with Gasteiger partial charge in [0.25, 0.3) is 5.91 Å². The molecule has 3 aromatic rings. The van der Waals surface area contributed by atoms with E-state index in [0.29, 0.717) is 12.1 Å². The van der Waals surface area contributed by atoms with E-state index < -0.39 is 0 Å². The highest BCUT2D eigenvalue weighted by Gasteiger charge is 2.17. The van der Waals surface area contributed by atoms with E-state index in [-0.39, 0.29) is 5.91 Å². The van der Waals surface area contributed by atoms with Crippen molar-refractivity contribution in [1.29, 1.82) is 0 Å². The monoisotopic (exact) mass is 434 g/mol. The maximum atomic E-state index is 12.7. The van der Waals surface area contributed by atoms with Crippen LogP contribution in [0.2, 0.25) is 0 Å². The summed E-state index contributed by atoms with van der Waals surface area (Å²) in [7, 11) is 0. The number of pyridine rings is 1. The van der Waals surface area contributed by atoms with Crippen LogP contribution < -0.4 is 10.2 Å². The number of amides is 1. The van der Waals surface area contributed by atoms with Crippen molar-refractivity contribution in [3.63, 3.8) is 0 Å². The third-order valence-corrected chi connectivity index (χ3v) is 6.92. The van der Waals surface area contributed by atoms with Crippen molar-refractivity contribution in [1.82, 2.24) is 14.7 Å². The Morgan fingerprint density at radius 1 is 1.29 bits per heavy atom. The van der Waals surface area contributed by atoms with E-state index in [9.17, 15) is 4.79 Å². The number of thiophene rings is 1. The second-order valence-electron chi connectivity index (χ2n) is 8.09. The van der Waals surface area contributed by atoms with E-state index in [1.54, 1.807) is 18.5 Å². The zero-order valence-corrected chi connectivity index (χ0v) is 18.2. The van der Waals surface area contributed by atoms with Crippen LogP contribution in [0.15, 0.2) is 66.2 Å². The summed E-state index contributed by atoms with van der Waals surface area (Å²) < 4.78 is 7.32. The van der Waals surface area contributed by atoms with Gasteiger partial charge in [0.05, 0.1) is 17.8 Å². The van der Waals surface area contributed by atoms with Gasteiger partial charge < -0.3 is 19.4 Å². The van der Waals surface area contributed by atoms with Crippen LogP contribution in [0, 0.1) is 5.92 Å². The molecule has 31 heavy (non-hydrogen) atoms. The molecule has 1 N–H and O–H groups in total. The fraction of sp³-hybridized carbons (Fsp3) is 0.333. The van der Waals surface area contributed by atoms with Gasteiger partial charge in [0.15, 0.2) is 0 Å². The number of carbonyl (C=O) groups is 1. The molecule has 3 aromatic heterocycles. The molecule has 2 aliphatic rings. The van der Waals surface area contributed by atoms with E-state index in [1.165, 1.54) is 29.8 Å². The summed E-state index contributed by atoms with van der Waals surface area (Å²) in [6.45, 7) is 2.47. The summed E-state index contributed by atoms with van der Waals surface area (Å²) in [6.07, 6.45) is 16.1. The highest BCUT2D eigenvalue weighted by atomic mass is 32.1. The number of aryl methyl sites for hydroxylation is 1.